The molecule has 0 spiro atoms. The van der Waals surface area contributed by atoms with Crippen LogP contribution in [0, 0.1) is 22.6 Å². The summed E-state index contributed by atoms with van der Waals surface area (Å²) in [4.78, 5) is 1.14. The van der Waals surface area contributed by atoms with E-state index in [2.05, 4.69) is 11.4 Å². The number of fused-ring (bicyclic) bond motifs is 1. The van der Waals surface area contributed by atoms with Gasteiger partial charge in [-0.25, -0.2) is 4.39 Å². The van der Waals surface area contributed by atoms with Crippen molar-refractivity contribution < 1.29 is 41.8 Å². The van der Waals surface area contributed by atoms with Crippen molar-refractivity contribution in [2.45, 2.75) is 31.5 Å². The summed E-state index contributed by atoms with van der Waals surface area (Å²) >= 11 is 1.56. The third kappa shape index (κ3) is 4.49. The van der Waals surface area contributed by atoms with Crippen molar-refractivity contribution in [1.82, 2.24) is 0 Å². The van der Waals surface area contributed by atoms with Crippen molar-refractivity contribution in [1.29, 1.82) is 5.26 Å². The summed E-state index contributed by atoms with van der Waals surface area (Å²) in [5.74, 6) is 0.0468. The van der Waals surface area contributed by atoms with Crippen molar-refractivity contribution in [2.24, 2.45) is 5.92 Å². The number of benzene rings is 2. The molecule has 0 aliphatic heterocycles. The molecule has 0 N–H and O–H groups in total. The van der Waals surface area contributed by atoms with Gasteiger partial charge in [0.25, 0.3) is 0 Å². The van der Waals surface area contributed by atoms with Crippen molar-refractivity contribution in [3.63, 3.8) is 0 Å². The number of hydrogen-bond donors (Lipinski definition) is 0. The van der Waals surface area contributed by atoms with Gasteiger partial charge >= 0.3 is 0 Å². The molecule has 1 aromatic heterocycles. The van der Waals surface area contributed by atoms with Gasteiger partial charge in [-0.05, 0) is 41.2 Å². The number of rotatable bonds is 5. The first-order valence-electron chi connectivity index (χ1n) is 8.85. The minimum atomic E-state index is -0.838. The first-order chi connectivity index (χ1) is 12.8. The van der Waals surface area contributed by atoms with E-state index in [9.17, 15) is 9.65 Å². The first-order valence-corrected chi connectivity index (χ1v) is 9.67. The number of thiophene rings is 1. The number of ether oxygens (including phenoxy) is 1. The maximum atomic E-state index is 14.7. The Kier molecular flexibility index (Phi) is 7.17. The Bertz CT molecular complexity index is 937. The molecule has 3 aromatic rings. The summed E-state index contributed by atoms with van der Waals surface area (Å²) in [7, 11) is 0. The predicted octanol–water partition coefficient (Wildman–Crippen LogP) is 5.62. The van der Waals surface area contributed by atoms with E-state index in [1.807, 2.05) is 48.5 Å². The second-order valence-corrected chi connectivity index (χ2v) is 7.78. The molecule has 27 heavy (non-hydrogen) atoms. The normalized spacial score (nSPS) is 21.7. The molecular formula is C22H19FNOSY-. The molecule has 135 valence electrons. The van der Waals surface area contributed by atoms with Gasteiger partial charge in [0.15, 0.2) is 0 Å². The Labute approximate surface area is 188 Å². The third-order valence-corrected chi connectivity index (χ3v) is 5.99. The molecule has 1 aliphatic carbocycles. The zero-order valence-corrected chi connectivity index (χ0v) is 18.6. The van der Waals surface area contributed by atoms with Crippen LogP contribution in [-0.2, 0) is 44.1 Å². The maximum absolute atomic E-state index is 14.7. The fourth-order valence-corrected chi connectivity index (χ4v) is 4.53. The Hall–Kier alpha value is -1.12. The van der Waals surface area contributed by atoms with Crippen LogP contribution in [0.25, 0.3) is 10.8 Å². The Morgan fingerprint density at radius 3 is 2.89 bits per heavy atom. The molecule has 2 aromatic carbocycles. The van der Waals surface area contributed by atoms with E-state index in [1.54, 1.807) is 11.3 Å². The molecule has 4 rings (SSSR count). The van der Waals surface area contributed by atoms with Gasteiger partial charge in [0, 0.05) is 51.8 Å². The van der Waals surface area contributed by atoms with Gasteiger partial charge in [-0.15, -0.1) is 10.3 Å². The van der Waals surface area contributed by atoms with E-state index in [0.717, 1.165) is 27.6 Å². The molecule has 1 saturated carbocycles. The minimum absolute atomic E-state index is 0. The van der Waals surface area contributed by atoms with Gasteiger partial charge in [-0.3, -0.25) is 11.3 Å². The van der Waals surface area contributed by atoms with Crippen LogP contribution in [0.5, 0.6) is 0 Å². The van der Waals surface area contributed by atoms with Gasteiger partial charge in [0.05, 0.1) is 11.6 Å². The predicted molar refractivity (Wildman–Crippen MR) is 102 cm³/mol. The number of nitriles is 1. The molecule has 3 atom stereocenters. The Balaban J connectivity index is 0.00000210. The number of nitrogens with zero attached hydrogens (tertiary/aromatic N) is 1. The quantitative estimate of drug-likeness (QED) is 0.470. The van der Waals surface area contributed by atoms with Crippen molar-refractivity contribution in [3.8, 4) is 6.07 Å². The second-order valence-electron chi connectivity index (χ2n) is 6.81. The molecule has 3 unspecified atom stereocenters. The van der Waals surface area contributed by atoms with Crippen LogP contribution >= 0.6 is 11.3 Å². The number of alkyl halides is 1. The molecule has 0 saturated heterocycles. The molecule has 5 heteroatoms. The van der Waals surface area contributed by atoms with Gasteiger partial charge in [0.2, 0.25) is 0 Å². The van der Waals surface area contributed by atoms with Crippen LogP contribution in [-0.4, -0.2) is 12.8 Å². The summed E-state index contributed by atoms with van der Waals surface area (Å²) < 4.78 is 20.5. The average molecular weight is 453 g/mol. The topological polar surface area (TPSA) is 33.0 Å². The van der Waals surface area contributed by atoms with Gasteiger partial charge in [-0.2, -0.15) is 17.4 Å². The molecule has 0 bridgehead atoms. The van der Waals surface area contributed by atoms with Crippen molar-refractivity contribution in [3.05, 3.63) is 69.9 Å². The molecular weight excluding hydrogens is 434 g/mol. The van der Waals surface area contributed by atoms with Gasteiger partial charge < -0.3 is 4.74 Å². The van der Waals surface area contributed by atoms with Gasteiger partial charge in [-0.1, -0.05) is 30.3 Å². The standard InChI is InChI=1S/C22H19FNOS.Y/c23-21-9-7-18(13-25-14-19-5-2-10-26-19)22(21)16-6-8-20-15(11-16)3-1-4-17(20)12-24;/h1-6,8,11,18,21-22H,7,9,13-14H2;/q-1;. The zero-order chi connectivity index (χ0) is 17.9. The molecule has 1 radical (unpaired) electrons. The fourth-order valence-electron chi connectivity index (χ4n) is 3.96. The van der Waals surface area contributed by atoms with Gasteiger partial charge in [0.1, 0.15) is 6.17 Å². The monoisotopic (exact) mass is 453 g/mol. The van der Waals surface area contributed by atoms with Crippen LogP contribution < -0.4 is 0 Å². The zero-order valence-electron chi connectivity index (χ0n) is 14.9. The summed E-state index contributed by atoms with van der Waals surface area (Å²) in [6.45, 7) is 1.14. The minimum Gasteiger partial charge on any atom is -0.389 e. The summed E-state index contributed by atoms with van der Waals surface area (Å²) in [5.41, 5.74) is 1.67. The maximum Gasteiger partial charge on any atom is 0.107 e. The SMILES string of the molecule is N#Cc1cccc2cc(C3C(F)CCC3COCc3cc[c-]s3)ccc12.[Y]. The van der Waals surface area contributed by atoms with Crippen LogP contribution in [0.4, 0.5) is 4.39 Å². The van der Waals surface area contributed by atoms with Crippen molar-refractivity contribution >= 4 is 22.1 Å². The third-order valence-electron chi connectivity index (χ3n) is 5.22. The van der Waals surface area contributed by atoms with Crippen LogP contribution in [0.15, 0.2) is 48.5 Å². The van der Waals surface area contributed by atoms with Crippen LogP contribution in [0.3, 0.4) is 0 Å². The van der Waals surface area contributed by atoms with E-state index in [-0.39, 0.29) is 44.5 Å². The summed E-state index contributed by atoms with van der Waals surface area (Å²) in [5, 5.41) is 14.2. The van der Waals surface area contributed by atoms with E-state index < -0.39 is 6.17 Å². The average Bonchev–Trinajstić information content (AvgIpc) is 3.31. The molecule has 1 heterocycles. The second kappa shape index (κ2) is 9.39. The van der Waals surface area contributed by atoms with E-state index in [4.69, 9.17) is 4.74 Å². The largest absolute Gasteiger partial charge is 0.389 e. The Morgan fingerprint density at radius 2 is 2.11 bits per heavy atom. The van der Waals surface area contributed by atoms with E-state index >= 15 is 0 Å². The fraction of sp³-hybridized carbons (Fsp3) is 0.318. The number of halogens is 1. The Morgan fingerprint density at radius 1 is 1.22 bits per heavy atom. The van der Waals surface area contributed by atoms with Crippen LogP contribution in [0.1, 0.15) is 34.8 Å². The first kappa shape index (κ1) is 20.6. The summed E-state index contributed by atoms with van der Waals surface area (Å²) in [6.07, 6.45) is 0.593. The van der Waals surface area contributed by atoms with E-state index in [0.29, 0.717) is 25.2 Å². The molecule has 1 fully saturated rings. The molecule has 2 nitrogen and oxygen atoms in total. The summed E-state index contributed by atoms with van der Waals surface area (Å²) in [6, 6.07) is 17.8. The molecule has 0 amide bonds. The smallest absolute Gasteiger partial charge is 0.107 e. The van der Waals surface area contributed by atoms with E-state index in [1.165, 1.54) is 0 Å². The molecule has 1 aliphatic rings. The van der Waals surface area contributed by atoms with Crippen LogP contribution in [0.2, 0.25) is 0 Å². The number of hydrogen-bond acceptors (Lipinski definition) is 3. The van der Waals surface area contributed by atoms with Crippen molar-refractivity contribution in [2.75, 3.05) is 6.61 Å².